The predicted molar refractivity (Wildman–Crippen MR) is 24.4 cm³/mol. The summed E-state index contributed by atoms with van der Waals surface area (Å²) in [5, 5.41) is 0. The Morgan fingerprint density at radius 1 is 1.11 bits per heavy atom. The average molecular weight is 564 g/mol. The topological polar surface area (TPSA) is 20.3 Å². The fourth-order valence-corrected chi connectivity index (χ4v) is 0. The van der Waals surface area contributed by atoms with E-state index in [1.165, 1.54) is 11.8 Å². The van der Waals surface area contributed by atoms with Gasteiger partial charge >= 0.3 is 0 Å². The molecule has 0 spiro atoms. The summed E-state index contributed by atoms with van der Waals surface area (Å²) in [6.45, 7) is 1.53. The van der Waals surface area contributed by atoms with Gasteiger partial charge in [0.15, 0.2) is 0 Å². The van der Waals surface area contributed by atoms with Crippen molar-refractivity contribution in [2.24, 2.45) is 0 Å². The standard InChI is InChI=1S/C4H9NO.3Tb/c1-4(6)5(2)3;;;/h1-3H3;;;. The zero-order valence-electron chi connectivity index (χ0n) is 5.36. The van der Waals surface area contributed by atoms with E-state index in [1.807, 2.05) is 0 Å². The first-order chi connectivity index (χ1) is 2.64. The molecule has 2 nitrogen and oxygen atoms in total. The van der Waals surface area contributed by atoms with Crippen LogP contribution in [0.3, 0.4) is 0 Å². The largest absolute Gasteiger partial charge is 0.349 e. The predicted octanol–water partition coefficient (Wildman–Crippen LogP) is 0.0945. The number of hydrogen-bond donors (Lipinski definition) is 0. The average Bonchev–Trinajstić information content (AvgIpc) is 1.36. The Balaban J connectivity index is -0.0000000417. The van der Waals surface area contributed by atoms with Gasteiger partial charge in [-0.3, -0.25) is 4.79 Å². The molecule has 0 bridgehead atoms. The summed E-state index contributed by atoms with van der Waals surface area (Å²) in [4.78, 5) is 11.6. The maximum Gasteiger partial charge on any atom is 0.218 e. The maximum absolute atomic E-state index is 10.1. The van der Waals surface area contributed by atoms with Gasteiger partial charge in [-0.15, -0.1) is 0 Å². The van der Waals surface area contributed by atoms with Gasteiger partial charge in [0.2, 0.25) is 5.91 Å². The molecule has 0 aromatic carbocycles. The number of carbonyl (C=O) groups excluding carboxylic acids is 1. The van der Waals surface area contributed by atoms with Gasteiger partial charge in [0.05, 0.1) is 0 Å². The zero-order chi connectivity index (χ0) is 5.15. The Morgan fingerprint density at radius 3 is 1.22 bits per heavy atom. The Kier molecular flexibility index (Phi) is 35.2. The molecule has 0 aliphatic rings. The summed E-state index contributed by atoms with van der Waals surface area (Å²) in [5.74, 6) is 0.0926. The fourth-order valence-electron chi connectivity index (χ4n) is 0. The molecular formula is C4H9NOTb3. The van der Waals surface area contributed by atoms with Crippen LogP contribution in [0.2, 0.25) is 0 Å². The Labute approximate surface area is 149 Å². The Bertz CT molecular complexity index is 66.8. The molecule has 0 heterocycles. The second-order valence-corrected chi connectivity index (χ2v) is 1.41. The molecule has 0 aliphatic carbocycles. The van der Waals surface area contributed by atoms with Crippen molar-refractivity contribution in [3.05, 3.63) is 0 Å². The van der Waals surface area contributed by atoms with E-state index in [9.17, 15) is 4.79 Å². The van der Waals surface area contributed by atoms with Gasteiger partial charge in [0.1, 0.15) is 0 Å². The molecular weight excluding hydrogens is 555 g/mol. The SMILES string of the molecule is CC(=O)N(C)C.[Tb].[Tb].[Tb]. The third-order valence-electron chi connectivity index (χ3n) is 0.630. The minimum atomic E-state index is 0. The van der Waals surface area contributed by atoms with E-state index >= 15 is 0 Å². The van der Waals surface area contributed by atoms with Gasteiger partial charge in [0.25, 0.3) is 0 Å². The smallest absolute Gasteiger partial charge is 0.218 e. The second kappa shape index (κ2) is 13.9. The van der Waals surface area contributed by atoms with Gasteiger partial charge in [-0.05, 0) is 0 Å². The van der Waals surface area contributed by atoms with Crippen LogP contribution in [0.1, 0.15) is 6.92 Å². The summed E-state index contributed by atoms with van der Waals surface area (Å²) < 4.78 is 0. The summed E-state index contributed by atoms with van der Waals surface area (Å²) in [7, 11) is 3.45. The van der Waals surface area contributed by atoms with Crippen LogP contribution in [0.15, 0.2) is 0 Å². The summed E-state index contributed by atoms with van der Waals surface area (Å²) in [5.41, 5.74) is 0. The summed E-state index contributed by atoms with van der Waals surface area (Å²) in [6.07, 6.45) is 0. The molecule has 0 aliphatic heterocycles. The van der Waals surface area contributed by atoms with E-state index in [0.29, 0.717) is 0 Å². The van der Waals surface area contributed by atoms with Crippen molar-refractivity contribution in [3.63, 3.8) is 0 Å². The number of carbonyl (C=O) groups is 1. The molecule has 5 heteroatoms. The number of hydrogen-bond acceptors (Lipinski definition) is 1. The molecule has 1 amide bonds. The van der Waals surface area contributed by atoms with Crippen molar-refractivity contribution in [2.75, 3.05) is 14.1 Å². The van der Waals surface area contributed by atoms with Gasteiger partial charge in [-0.2, -0.15) is 0 Å². The van der Waals surface area contributed by atoms with E-state index in [1.54, 1.807) is 14.1 Å². The molecule has 3 radical (unpaired) electrons. The van der Waals surface area contributed by atoms with Crippen molar-refractivity contribution in [1.29, 1.82) is 0 Å². The third-order valence-corrected chi connectivity index (χ3v) is 0.630. The normalized spacial score (nSPS) is 5.22. The maximum atomic E-state index is 10.1. The molecule has 0 saturated heterocycles. The van der Waals surface area contributed by atoms with Crippen LogP contribution in [0.25, 0.3) is 0 Å². The van der Waals surface area contributed by atoms with Crippen LogP contribution in [0, 0.1) is 116 Å². The fraction of sp³-hybridized carbons (Fsp3) is 0.750. The monoisotopic (exact) mass is 564 g/mol. The molecule has 0 unspecified atom stereocenters. The summed E-state index contributed by atoms with van der Waals surface area (Å²) in [6, 6.07) is 0. The van der Waals surface area contributed by atoms with Gasteiger partial charge < -0.3 is 4.90 Å². The van der Waals surface area contributed by atoms with Crippen molar-refractivity contribution >= 4 is 5.91 Å². The molecule has 9 heavy (non-hydrogen) atoms. The summed E-state index contributed by atoms with van der Waals surface area (Å²) >= 11 is 0. The van der Waals surface area contributed by atoms with E-state index in [0.717, 1.165) is 0 Å². The molecule has 0 aromatic heterocycles. The Morgan fingerprint density at radius 2 is 1.22 bits per heavy atom. The van der Waals surface area contributed by atoms with Crippen LogP contribution in [-0.4, -0.2) is 24.9 Å². The Hall–Kier alpha value is 3.33. The second-order valence-electron chi connectivity index (χ2n) is 1.41. The molecule has 0 saturated carbocycles. The number of amides is 1. The first-order valence-electron chi connectivity index (χ1n) is 1.82. The van der Waals surface area contributed by atoms with Crippen molar-refractivity contribution in [2.45, 2.75) is 6.92 Å². The van der Waals surface area contributed by atoms with Crippen LogP contribution in [0.4, 0.5) is 0 Å². The first-order valence-corrected chi connectivity index (χ1v) is 1.82. The molecule has 0 atom stereocenters. The molecule has 0 fully saturated rings. The van der Waals surface area contributed by atoms with E-state index in [4.69, 9.17) is 0 Å². The van der Waals surface area contributed by atoms with Crippen LogP contribution in [0.5, 0.6) is 0 Å². The minimum absolute atomic E-state index is 0. The third kappa shape index (κ3) is 18.4. The zero-order valence-corrected chi connectivity index (χ0v) is 11.8. The molecule has 63 valence electrons. The minimum Gasteiger partial charge on any atom is -0.349 e. The quantitative estimate of drug-likeness (QED) is 0.410. The number of rotatable bonds is 0. The van der Waals surface area contributed by atoms with E-state index < -0.39 is 0 Å². The molecule has 0 rings (SSSR count). The van der Waals surface area contributed by atoms with Crippen molar-refractivity contribution < 1.29 is 121 Å². The van der Waals surface area contributed by atoms with Gasteiger partial charge in [-0.1, -0.05) is 0 Å². The van der Waals surface area contributed by atoms with Crippen LogP contribution in [-0.2, 0) is 4.79 Å². The van der Waals surface area contributed by atoms with E-state index in [-0.39, 0.29) is 122 Å². The van der Waals surface area contributed by atoms with Crippen molar-refractivity contribution in [1.82, 2.24) is 4.90 Å². The van der Waals surface area contributed by atoms with Crippen LogP contribution < -0.4 is 0 Å². The van der Waals surface area contributed by atoms with Crippen LogP contribution >= 0.6 is 0 Å². The van der Waals surface area contributed by atoms with Gasteiger partial charge in [-0.25, -0.2) is 0 Å². The van der Waals surface area contributed by atoms with Gasteiger partial charge in [0, 0.05) is 137 Å². The molecule has 0 N–H and O–H groups in total. The van der Waals surface area contributed by atoms with Crippen molar-refractivity contribution in [3.8, 4) is 0 Å². The molecule has 0 aromatic rings. The number of nitrogens with zero attached hydrogens (tertiary/aromatic N) is 1. The first kappa shape index (κ1) is 22.8. The van der Waals surface area contributed by atoms with E-state index in [2.05, 4.69) is 0 Å².